The van der Waals surface area contributed by atoms with Crippen LogP contribution < -0.4 is 10.6 Å². The number of benzene rings is 1. The van der Waals surface area contributed by atoms with Crippen LogP contribution in [0.1, 0.15) is 48.6 Å². The molecule has 1 aliphatic rings. The Morgan fingerprint density at radius 1 is 1.17 bits per heavy atom. The van der Waals surface area contributed by atoms with Crippen molar-refractivity contribution in [2.24, 2.45) is 12.0 Å². The molecule has 2 N–H and O–H groups in total. The number of aromatic nitrogens is 4. The van der Waals surface area contributed by atoms with E-state index in [9.17, 15) is 0 Å². The fourth-order valence-electron chi connectivity index (χ4n) is 3.55. The lowest BCUT2D eigenvalue weighted by Crippen LogP contribution is -2.42. The summed E-state index contributed by atoms with van der Waals surface area (Å²) in [6.45, 7) is 5.00. The number of guanidine groups is 1. The molecule has 1 saturated carbocycles. The quantitative estimate of drug-likeness (QED) is 0.481. The van der Waals surface area contributed by atoms with Gasteiger partial charge in [-0.05, 0) is 38.8 Å². The van der Waals surface area contributed by atoms with E-state index < -0.39 is 0 Å². The van der Waals surface area contributed by atoms with Crippen LogP contribution in [0.15, 0.2) is 39.9 Å². The third-order valence-corrected chi connectivity index (χ3v) is 5.54. The van der Waals surface area contributed by atoms with Crippen molar-refractivity contribution < 1.29 is 4.42 Å². The van der Waals surface area contributed by atoms with Gasteiger partial charge in [0.1, 0.15) is 17.8 Å². The lowest BCUT2D eigenvalue weighted by molar-refractivity contribution is 0.572. The molecule has 0 unspecified atom stereocenters. The fourth-order valence-corrected chi connectivity index (χ4v) is 3.55. The number of rotatable bonds is 6. The molecule has 4 rings (SSSR count). The van der Waals surface area contributed by atoms with Gasteiger partial charge >= 0.3 is 0 Å². The zero-order chi connectivity index (χ0) is 20.9. The second-order valence-corrected chi connectivity index (χ2v) is 7.88. The summed E-state index contributed by atoms with van der Waals surface area (Å²) >= 11 is 0. The summed E-state index contributed by atoms with van der Waals surface area (Å²) in [5.41, 5.74) is 2.98. The van der Waals surface area contributed by atoms with Gasteiger partial charge in [0.2, 0.25) is 5.89 Å². The van der Waals surface area contributed by atoms with E-state index in [0.29, 0.717) is 25.0 Å². The summed E-state index contributed by atoms with van der Waals surface area (Å²) in [5, 5.41) is 15.3. The van der Waals surface area contributed by atoms with Gasteiger partial charge in [0.25, 0.3) is 0 Å². The summed E-state index contributed by atoms with van der Waals surface area (Å²) in [7, 11) is 1.97. The average molecular weight is 408 g/mol. The maximum absolute atomic E-state index is 5.66. The van der Waals surface area contributed by atoms with Gasteiger partial charge in [-0.1, -0.05) is 30.5 Å². The number of nitrogens with one attached hydrogen (secondary N) is 2. The Morgan fingerprint density at radius 2 is 1.93 bits per heavy atom. The van der Waals surface area contributed by atoms with Gasteiger partial charge in [0, 0.05) is 18.7 Å². The van der Waals surface area contributed by atoms with Crippen LogP contribution in [-0.2, 0) is 20.1 Å². The van der Waals surface area contributed by atoms with Gasteiger partial charge in [0.15, 0.2) is 11.8 Å². The highest BCUT2D eigenvalue weighted by Gasteiger charge is 2.17. The Bertz CT molecular complexity index is 997. The van der Waals surface area contributed by atoms with Crippen LogP contribution in [0.25, 0.3) is 11.5 Å². The Balaban J connectivity index is 1.44. The normalized spacial score (nSPS) is 15.0. The summed E-state index contributed by atoms with van der Waals surface area (Å²) in [6.07, 6.45) is 6.54. The molecular weight excluding hydrogens is 378 g/mol. The average Bonchev–Trinajstić information content (AvgIpc) is 3.49. The molecule has 0 spiro atoms. The van der Waals surface area contributed by atoms with Crippen molar-refractivity contribution >= 4 is 5.96 Å². The highest BCUT2D eigenvalue weighted by molar-refractivity contribution is 5.80. The molecule has 0 bridgehead atoms. The van der Waals surface area contributed by atoms with E-state index in [1.54, 1.807) is 6.26 Å². The maximum Gasteiger partial charge on any atom is 0.226 e. The van der Waals surface area contributed by atoms with Crippen molar-refractivity contribution in [1.29, 1.82) is 0 Å². The predicted octanol–water partition coefficient (Wildman–Crippen LogP) is 3.26. The first kappa shape index (κ1) is 20.1. The number of oxazole rings is 1. The molecule has 158 valence electrons. The Hall–Kier alpha value is -3.16. The second-order valence-electron chi connectivity index (χ2n) is 7.88. The second kappa shape index (κ2) is 9.11. The first-order valence-corrected chi connectivity index (χ1v) is 10.5. The minimum atomic E-state index is 0.440. The SMILES string of the molecule is Cc1ccc(-c2nc(CN=C(NCc3nnc(C)n3C)NC3CCCC3)co2)cc1. The van der Waals surface area contributed by atoms with E-state index in [1.165, 1.54) is 31.2 Å². The van der Waals surface area contributed by atoms with Crippen LogP contribution in [0.3, 0.4) is 0 Å². The topological polar surface area (TPSA) is 93.2 Å². The standard InChI is InChI=1S/C22H29N7O/c1-15-8-10-17(11-9-15)21-25-19(14-30-21)12-23-22(26-18-6-4-5-7-18)24-13-20-28-27-16(2)29(20)3/h8-11,14,18H,4-7,12-13H2,1-3H3,(H2,23,24,26). The molecule has 30 heavy (non-hydrogen) atoms. The van der Waals surface area contributed by atoms with Crippen molar-refractivity contribution in [2.75, 3.05) is 0 Å². The Morgan fingerprint density at radius 3 is 2.63 bits per heavy atom. The molecule has 0 aliphatic heterocycles. The van der Waals surface area contributed by atoms with Gasteiger partial charge in [-0.3, -0.25) is 0 Å². The number of hydrogen-bond donors (Lipinski definition) is 2. The lowest BCUT2D eigenvalue weighted by Gasteiger charge is -2.17. The maximum atomic E-state index is 5.66. The van der Waals surface area contributed by atoms with Crippen LogP contribution in [0.5, 0.6) is 0 Å². The number of nitrogens with zero attached hydrogens (tertiary/aromatic N) is 5. The minimum Gasteiger partial charge on any atom is -0.444 e. The summed E-state index contributed by atoms with van der Waals surface area (Å²) in [4.78, 5) is 9.34. The molecule has 0 amide bonds. The van der Waals surface area contributed by atoms with Crippen LogP contribution in [0.2, 0.25) is 0 Å². The van der Waals surface area contributed by atoms with Crippen molar-refractivity contribution in [1.82, 2.24) is 30.4 Å². The van der Waals surface area contributed by atoms with Gasteiger partial charge in [0.05, 0.1) is 13.1 Å². The molecule has 1 aromatic carbocycles. The first-order valence-electron chi connectivity index (χ1n) is 10.5. The Labute approximate surface area is 176 Å². The largest absolute Gasteiger partial charge is 0.444 e. The van der Waals surface area contributed by atoms with E-state index >= 15 is 0 Å². The van der Waals surface area contributed by atoms with Crippen molar-refractivity contribution in [3.63, 3.8) is 0 Å². The summed E-state index contributed by atoms with van der Waals surface area (Å²) in [5.74, 6) is 3.15. The first-order chi connectivity index (χ1) is 14.6. The van der Waals surface area contributed by atoms with E-state index in [-0.39, 0.29) is 0 Å². The smallest absolute Gasteiger partial charge is 0.226 e. The van der Waals surface area contributed by atoms with Crippen molar-refractivity contribution in [3.05, 3.63) is 53.4 Å². The van der Waals surface area contributed by atoms with Crippen LogP contribution in [0, 0.1) is 13.8 Å². The molecule has 0 saturated heterocycles. The lowest BCUT2D eigenvalue weighted by atomic mass is 10.1. The zero-order valence-electron chi connectivity index (χ0n) is 17.9. The number of aliphatic imine (C=N–C) groups is 1. The zero-order valence-corrected chi connectivity index (χ0v) is 17.9. The molecular formula is C22H29N7O. The number of aryl methyl sites for hydroxylation is 2. The van der Waals surface area contributed by atoms with E-state index in [0.717, 1.165) is 28.9 Å². The van der Waals surface area contributed by atoms with Gasteiger partial charge in [-0.15, -0.1) is 10.2 Å². The predicted molar refractivity (Wildman–Crippen MR) is 116 cm³/mol. The molecule has 3 aromatic rings. The van der Waals surface area contributed by atoms with E-state index in [2.05, 4.69) is 44.9 Å². The number of hydrogen-bond acceptors (Lipinski definition) is 5. The minimum absolute atomic E-state index is 0.440. The van der Waals surface area contributed by atoms with Crippen LogP contribution >= 0.6 is 0 Å². The molecule has 0 radical (unpaired) electrons. The van der Waals surface area contributed by atoms with Gasteiger partial charge in [-0.25, -0.2) is 9.98 Å². The van der Waals surface area contributed by atoms with Crippen molar-refractivity contribution in [3.8, 4) is 11.5 Å². The fraction of sp³-hybridized carbons (Fsp3) is 0.455. The molecule has 0 atom stereocenters. The summed E-state index contributed by atoms with van der Waals surface area (Å²) < 4.78 is 7.64. The van der Waals surface area contributed by atoms with Crippen molar-refractivity contribution in [2.45, 2.75) is 58.7 Å². The highest BCUT2D eigenvalue weighted by Crippen LogP contribution is 2.20. The van der Waals surface area contributed by atoms with E-state index in [4.69, 9.17) is 9.41 Å². The monoisotopic (exact) mass is 407 g/mol. The third kappa shape index (κ3) is 4.87. The van der Waals surface area contributed by atoms with Crippen LogP contribution in [-0.4, -0.2) is 31.7 Å². The molecule has 1 fully saturated rings. The third-order valence-electron chi connectivity index (χ3n) is 5.54. The van der Waals surface area contributed by atoms with Crippen LogP contribution in [0.4, 0.5) is 0 Å². The molecule has 8 nitrogen and oxygen atoms in total. The Kier molecular flexibility index (Phi) is 6.11. The summed E-state index contributed by atoms with van der Waals surface area (Å²) in [6, 6.07) is 8.60. The highest BCUT2D eigenvalue weighted by atomic mass is 16.3. The molecule has 8 heteroatoms. The van der Waals surface area contributed by atoms with Gasteiger partial charge in [-0.2, -0.15) is 0 Å². The van der Waals surface area contributed by atoms with Gasteiger partial charge < -0.3 is 19.6 Å². The molecule has 1 aliphatic carbocycles. The molecule has 2 aromatic heterocycles. The molecule has 2 heterocycles. The van der Waals surface area contributed by atoms with E-state index in [1.807, 2.05) is 30.7 Å².